The van der Waals surface area contributed by atoms with Gasteiger partial charge in [-0.3, -0.25) is 0 Å². The Bertz CT molecular complexity index is 355. The number of hydrogen-bond donors (Lipinski definition) is 1. The largest absolute Gasteiger partial charge is 0.435 e. The maximum atomic E-state index is 13.0. The van der Waals surface area contributed by atoms with Crippen LogP contribution < -0.4 is 5.73 Å². The second kappa shape index (κ2) is 5.31. The molecule has 0 aliphatic carbocycles. The van der Waals surface area contributed by atoms with Crippen LogP contribution in [0, 0.1) is 5.82 Å². The van der Waals surface area contributed by atoms with Crippen LogP contribution in [0.4, 0.5) is 10.1 Å². The molecule has 0 aromatic heterocycles. The van der Waals surface area contributed by atoms with E-state index >= 15 is 0 Å². The van der Waals surface area contributed by atoms with E-state index in [9.17, 15) is 9.18 Å². The first-order valence-corrected chi connectivity index (χ1v) is 4.45. The van der Waals surface area contributed by atoms with E-state index < -0.39 is 11.8 Å². The van der Waals surface area contributed by atoms with Gasteiger partial charge in [0.2, 0.25) is 0 Å². The molecule has 1 aromatic rings. The van der Waals surface area contributed by atoms with Crippen LogP contribution in [0.1, 0.15) is 17.3 Å². The number of anilines is 1. The Morgan fingerprint density at radius 2 is 2.27 bits per heavy atom. The van der Waals surface area contributed by atoms with Crippen molar-refractivity contribution in [3.05, 3.63) is 29.6 Å². The van der Waals surface area contributed by atoms with Crippen molar-refractivity contribution in [2.24, 2.45) is 0 Å². The third kappa shape index (κ3) is 3.21. The fraction of sp³-hybridized carbons (Fsp3) is 0.300. The number of nitrogen functional groups attached to an aromatic ring is 1. The smallest absolute Gasteiger partial charge is 0.340 e. The molecule has 0 atom stereocenters. The molecule has 0 radical (unpaired) electrons. The first kappa shape index (κ1) is 11.5. The van der Waals surface area contributed by atoms with E-state index in [4.69, 9.17) is 15.2 Å². The highest BCUT2D eigenvalue weighted by atomic mass is 19.1. The lowest BCUT2D eigenvalue weighted by atomic mass is 10.2. The van der Waals surface area contributed by atoms with E-state index in [-0.39, 0.29) is 18.0 Å². The Morgan fingerprint density at radius 3 is 2.87 bits per heavy atom. The molecule has 5 heteroatoms. The number of esters is 1. The van der Waals surface area contributed by atoms with Gasteiger partial charge >= 0.3 is 5.97 Å². The molecular formula is C10H12FNO3. The van der Waals surface area contributed by atoms with Crippen molar-refractivity contribution in [1.29, 1.82) is 0 Å². The standard InChI is InChI=1S/C10H12FNO3/c1-2-14-6-15-10(13)7-3-4-9(12)8(11)5-7/h3-5H,2,6,12H2,1H3. The first-order valence-electron chi connectivity index (χ1n) is 4.45. The minimum Gasteiger partial charge on any atom is -0.435 e. The van der Waals surface area contributed by atoms with Gasteiger partial charge in [0, 0.05) is 6.61 Å². The fourth-order valence-electron chi connectivity index (χ4n) is 0.916. The highest BCUT2D eigenvalue weighted by Crippen LogP contribution is 2.12. The van der Waals surface area contributed by atoms with E-state index in [1.54, 1.807) is 6.92 Å². The zero-order valence-electron chi connectivity index (χ0n) is 8.33. The lowest BCUT2D eigenvalue weighted by Gasteiger charge is -2.04. The van der Waals surface area contributed by atoms with E-state index in [0.717, 1.165) is 6.07 Å². The molecule has 0 aliphatic heterocycles. The summed E-state index contributed by atoms with van der Waals surface area (Å²) in [6.07, 6.45) is 0. The Kier molecular flexibility index (Phi) is 4.05. The summed E-state index contributed by atoms with van der Waals surface area (Å²) in [6, 6.07) is 3.74. The van der Waals surface area contributed by atoms with Crippen LogP contribution >= 0.6 is 0 Å². The Balaban J connectivity index is 2.62. The van der Waals surface area contributed by atoms with Gasteiger partial charge in [0.1, 0.15) is 5.82 Å². The molecule has 0 fully saturated rings. The monoisotopic (exact) mass is 213 g/mol. The summed E-state index contributed by atoms with van der Waals surface area (Å²) in [7, 11) is 0. The molecule has 82 valence electrons. The van der Waals surface area contributed by atoms with Crippen molar-refractivity contribution in [1.82, 2.24) is 0 Å². The fourth-order valence-corrected chi connectivity index (χ4v) is 0.916. The van der Waals surface area contributed by atoms with Crippen LogP contribution in [0.2, 0.25) is 0 Å². The van der Waals surface area contributed by atoms with Gasteiger partial charge in [0.05, 0.1) is 11.3 Å². The van der Waals surface area contributed by atoms with Gasteiger partial charge in [-0.1, -0.05) is 0 Å². The van der Waals surface area contributed by atoms with Crippen molar-refractivity contribution >= 4 is 11.7 Å². The van der Waals surface area contributed by atoms with E-state index in [1.165, 1.54) is 12.1 Å². The molecule has 0 aliphatic rings. The minimum atomic E-state index is -0.638. The average molecular weight is 213 g/mol. The van der Waals surface area contributed by atoms with Crippen LogP contribution in [0.15, 0.2) is 18.2 Å². The molecular weight excluding hydrogens is 201 g/mol. The van der Waals surface area contributed by atoms with Crippen LogP contribution in [-0.4, -0.2) is 19.4 Å². The second-order valence-corrected chi connectivity index (χ2v) is 2.78. The summed E-state index contributed by atoms with van der Waals surface area (Å²) in [5.74, 6) is -1.27. The van der Waals surface area contributed by atoms with Gasteiger partial charge in [-0.25, -0.2) is 9.18 Å². The van der Waals surface area contributed by atoms with Gasteiger partial charge in [0.15, 0.2) is 6.79 Å². The molecule has 0 saturated carbocycles. The highest BCUT2D eigenvalue weighted by Gasteiger charge is 2.09. The number of carbonyl (C=O) groups is 1. The van der Waals surface area contributed by atoms with Gasteiger partial charge in [0.25, 0.3) is 0 Å². The zero-order valence-corrected chi connectivity index (χ0v) is 8.33. The van der Waals surface area contributed by atoms with Gasteiger partial charge < -0.3 is 15.2 Å². The molecule has 2 N–H and O–H groups in total. The summed E-state index contributed by atoms with van der Waals surface area (Å²) in [4.78, 5) is 11.3. The number of ether oxygens (including phenoxy) is 2. The number of rotatable bonds is 4. The molecule has 0 saturated heterocycles. The summed E-state index contributed by atoms with van der Waals surface area (Å²) in [6.45, 7) is 2.08. The third-order valence-corrected chi connectivity index (χ3v) is 1.71. The van der Waals surface area contributed by atoms with E-state index in [2.05, 4.69) is 0 Å². The molecule has 4 nitrogen and oxygen atoms in total. The van der Waals surface area contributed by atoms with Crippen molar-refractivity contribution in [2.45, 2.75) is 6.92 Å². The molecule has 15 heavy (non-hydrogen) atoms. The maximum absolute atomic E-state index is 13.0. The van der Waals surface area contributed by atoms with Gasteiger partial charge in [-0.15, -0.1) is 0 Å². The number of carbonyl (C=O) groups excluding carboxylic acids is 1. The molecule has 0 spiro atoms. The van der Waals surface area contributed by atoms with Crippen LogP contribution in [0.25, 0.3) is 0 Å². The predicted molar refractivity (Wildman–Crippen MR) is 52.7 cm³/mol. The second-order valence-electron chi connectivity index (χ2n) is 2.78. The molecule has 0 unspecified atom stereocenters. The number of nitrogens with two attached hydrogens (primary N) is 1. The van der Waals surface area contributed by atoms with Crippen molar-refractivity contribution < 1.29 is 18.7 Å². The first-order chi connectivity index (χ1) is 7.15. The van der Waals surface area contributed by atoms with Crippen LogP contribution in [0.5, 0.6) is 0 Å². The number of benzene rings is 1. The SMILES string of the molecule is CCOCOC(=O)c1ccc(N)c(F)c1. The van der Waals surface area contributed by atoms with Crippen molar-refractivity contribution in [3.63, 3.8) is 0 Å². The summed E-state index contributed by atoms with van der Waals surface area (Å²) < 4.78 is 22.5. The quantitative estimate of drug-likeness (QED) is 0.357. The molecule has 0 bridgehead atoms. The zero-order chi connectivity index (χ0) is 11.3. The Hall–Kier alpha value is -1.62. The number of hydrogen-bond acceptors (Lipinski definition) is 4. The average Bonchev–Trinajstić information content (AvgIpc) is 2.22. The lowest BCUT2D eigenvalue weighted by molar-refractivity contribution is -0.0274. The number of halogens is 1. The topological polar surface area (TPSA) is 61.5 Å². The van der Waals surface area contributed by atoms with Gasteiger partial charge in [-0.05, 0) is 25.1 Å². The molecule has 0 heterocycles. The molecule has 1 rings (SSSR count). The van der Waals surface area contributed by atoms with Crippen molar-refractivity contribution in [2.75, 3.05) is 19.1 Å². The maximum Gasteiger partial charge on any atom is 0.340 e. The Labute approximate surface area is 86.8 Å². The van der Waals surface area contributed by atoms with Crippen LogP contribution in [0.3, 0.4) is 0 Å². The molecule has 0 amide bonds. The van der Waals surface area contributed by atoms with E-state index in [1.807, 2.05) is 0 Å². The third-order valence-electron chi connectivity index (χ3n) is 1.71. The van der Waals surface area contributed by atoms with Gasteiger partial charge in [-0.2, -0.15) is 0 Å². The summed E-state index contributed by atoms with van der Waals surface area (Å²) in [5, 5.41) is 0. The predicted octanol–water partition coefficient (Wildman–Crippen LogP) is 1.56. The normalized spacial score (nSPS) is 10.0. The van der Waals surface area contributed by atoms with E-state index in [0.29, 0.717) is 6.61 Å². The summed E-state index contributed by atoms with van der Waals surface area (Å²) in [5.41, 5.74) is 5.37. The molecule has 1 aromatic carbocycles. The summed E-state index contributed by atoms with van der Waals surface area (Å²) >= 11 is 0. The van der Waals surface area contributed by atoms with Crippen LogP contribution in [-0.2, 0) is 9.47 Å². The minimum absolute atomic E-state index is 0.00337. The Morgan fingerprint density at radius 1 is 1.53 bits per heavy atom. The van der Waals surface area contributed by atoms with Crippen molar-refractivity contribution in [3.8, 4) is 0 Å². The highest BCUT2D eigenvalue weighted by molar-refractivity contribution is 5.89. The lowest BCUT2D eigenvalue weighted by Crippen LogP contribution is -2.09.